The first-order valence-electron chi connectivity index (χ1n) is 9.04. The van der Waals surface area contributed by atoms with Gasteiger partial charge in [-0.1, -0.05) is 48.5 Å². The number of rotatable bonds is 4. The number of nitrogens with zero attached hydrogens (tertiary/aromatic N) is 2. The summed E-state index contributed by atoms with van der Waals surface area (Å²) in [5, 5.41) is 10.9. The average Bonchev–Trinajstić information content (AvgIpc) is 3.01. The summed E-state index contributed by atoms with van der Waals surface area (Å²) in [6.45, 7) is 0.0932. The fourth-order valence-corrected chi connectivity index (χ4v) is 3.47. The molecule has 144 valence electrons. The van der Waals surface area contributed by atoms with Crippen LogP contribution in [0.15, 0.2) is 84.7 Å². The standard InChI is InChI=1S/C23H17FN2O3/c24-18-10-8-15(9-11-18)14-26-20(17-7-4-12-25-13-17)19(22(28)23(26)29)21(27)16-5-2-1-3-6-16/h1-13,20,27H,14H2/b21-19-. The average molecular weight is 388 g/mol. The highest BCUT2D eigenvalue weighted by atomic mass is 19.1. The third-order valence-corrected chi connectivity index (χ3v) is 4.85. The molecule has 1 amide bonds. The lowest BCUT2D eigenvalue weighted by atomic mass is 9.96. The number of ketones is 1. The van der Waals surface area contributed by atoms with E-state index in [0.717, 1.165) is 0 Å². The quantitative estimate of drug-likeness (QED) is 0.419. The highest BCUT2D eigenvalue weighted by Gasteiger charge is 2.46. The molecule has 4 rings (SSSR count). The summed E-state index contributed by atoms with van der Waals surface area (Å²) in [7, 11) is 0. The van der Waals surface area contributed by atoms with Crippen molar-refractivity contribution in [3.63, 3.8) is 0 Å². The van der Waals surface area contributed by atoms with Crippen molar-refractivity contribution in [2.24, 2.45) is 0 Å². The smallest absolute Gasteiger partial charge is 0.295 e. The van der Waals surface area contributed by atoms with Gasteiger partial charge in [0.25, 0.3) is 11.7 Å². The monoisotopic (exact) mass is 388 g/mol. The van der Waals surface area contributed by atoms with Crippen LogP contribution in [-0.2, 0) is 16.1 Å². The molecule has 1 saturated heterocycles. The summed E-state index contributed by atoms with van der Waals surface area (Å²) < 4.78 is 13.3. The summed E-state index contributed by atoms with van der Waals surface area (Å²) in [6.07, 6.45) is 3.15. The van der Waals surface area contributed by atoms with Crippen LogP contribution in [0.25, 0.3) is 5.76 Å². The number of hydrogen-bond acceptors (Lipinski definition) is 4. The number of carbonyl (C=O) groups excluding carboxylic acids is 2. The molecule has 2 aromatic carbocycles. The number of aliphatic hydroxyl groups excluding tert-OH is 1. The van der Waals surface area contributed by atoms with Crippen molar-refractivity contribution < 1.29 is 19.1 Å². The van der Waals surface area contributed by atoms with E-state index in [1.807, 2.05) is 0 Å². The van der Waals surface area contributed by atoms with Gasteiger partial charge in [-0.2, -0.15) is 0 Å². The Morgan fingerprint density at radius 1 is 1.00 bits per heavy atom. The third kappa shape index (κ3) is 3.52. The second-order valence-electron chi connectivity index (χ2n) is 6.71. The number of aromatic nitrogens is 1. The number of Topliss-reactive ketones (excluding diaryl/α,β-unsaturated/α-hetero) is 1. The first-order chi connectivity index (χ1) is 14.1. The van der Waals surface area contributed by atoms with Crippen LogP contribution in [0, 0.1) is 5.82 Å². The van der Waals surface area contributed by atoms with E-state index in [9.17, 15) is 19.1 Å². The van der Waals surface area contributed by atoms with Crippen molar-refractivity contribution in [3.05, 3.63) is 107 Å². The topological polar surface area (TPSA) is 70.5 Å². The van der Waals surface area contributed by atoms with E-state index in [4.69, 9.17) is 0 Å². The first kappa shape index (κ1) is 18.6. The number of amides is 1. The number of carbonyl (C=O) groups is 2. The Hall–Kier alpha value is -3.80. The van der Waals surface area contributed by atoms with Crippen molar-refractivity contribution in [1.29, 1.82) is 0 Å². The predicted octanol–water partition coefficient (Wildman–Crippen LogP) is 3.84. The molecule has 3 aromatic rings. The van der Waals surface area contributed by atoms with Crippen LogP contribution in [0.4, 0.5) is 4.39 Å². The van der Waals surface area contributed by atoms with Gasteiger partial charge in [0, 0.05) is 24.5 Å². The fraction of sp³-hybridized carbons (Fsp3) is 0.0870. The lowest BCUT2D eigenvalue weighted by Crippen LogP contribution is -2.29. The van der Waals surface area contributed by atoms with Crippen molar-refractivity contribution in [2.45, 2.75) is 12.6 Å². The maximum absolute atomic E-state index is 13.3. The summed E-state index contributed by atoms with van der Waals surface area (Å²) in [5.74, 6) is -2.11. The molecule has 2 heterocycles. The fourth-order valence-electron chi connectivity index (χ4n) is 3.47. The van der Waals surface area contributed by atoms with E-state index in [0.29, 0.717) is 16.7 Å². The molecule has 1 N–H and O–H groups in total. The number of benzene rings is 2. The maximum atomic E-state index is 13.3. The van der Waals surface area contributed by atoms with Crippen molar-refractivity contribution in [2.75, 3.05) is 0 Å². The van der Waals surface area contributed by atoms with Crippen LogP contribution in [0.3, 0.4) is 0 Å². The zero-order valence-electron chi connectivity index (χ0n) is 15.3. The van der Waals surface area contributed by atoms with Gasteiger partial charge in [0.2, 0.25) is 0 Å². The SMILES string of the molecule is O=C1C(=O)N(Cc2ccc(F)cc2)C(c2cccnc2)/C1=C(/O)c1ccccc1. The number of hydrogen-bond donors (Lipinski definition) is 1. The molecule has 29 heavy (non-hydrogen) atoms. The lowest BCUT2D eigenvalue weighted by Gasteiger charge is -2.25. The molecule has 1 atom stereocenters. The summed E-state index contributed by atoms with van der Waals surface area (Å²) >= 11 is 0. The molecule has 0 bridgehead atoms. The Morgan fingerprint density at radius 2 is 1.72 bits per heavy atom. The molecule has 0 spiro atoms. The minimum atomic E-state index is -0.797. The largest absolute Gasteiger partial charge is 0.507 e. The molecule has 1 aliphatic rings. The van der Waals surface area contributed by atoms with Crippen LogP contribution in [0.5, 0.6) is 0 Å². The van der Waals surface area contributed by atoms with E-state index >= 15 is 0 Å². The summed E-state index contributed by atoms with van der Waals surface area (Å²) in [5.41, 5.74) is 1.73. The molecule has 1 aromatic heterocycles. The van der Waals surface area contributed by atoms with Gasteiger partial charge in [-0.25, -0.2) is 4.39 Å². The van der Waals surface area contributed by atoms with E-state index in [2.05, 4.69) is 4.98 Å². The predicted molar refractivity (Wildman–Crippen MR) is 105 cm³/mol. The number of halogens is 1. The van der Waals surface area contributed by atoms with E-state index in [1.54, 1.807) is 67.0 Å². The summed E-state index contributed by atoms with van der Waals surface area (Å²) in [4.78, 5) is 31.2. The normalized spacial score (nSPS) is 18.2. The molecule has 1 unspecified atom stereocenters. The van der Waals surface area contributed by atoms with Crippen LogP contribution in [0.2, 0.25) is 0 Å². The van der Waals surface area contributed by atoms with Crippen LogP contribution in [0.1, 0.15) is 22.7 Å². The van der Waals surface area contributed by atoms with E-state index < -0.39 is 17.7 Å². The van der Waals surface area contributed by atoms with Crippen molar-refractivity contribution in [1.82, 2.24) is 9.88 Å². The van der Waals surface area contributed by atoms with Gasteiger partial charge in [0.1, 0.15) is 11.6 Å². The van der Waals surface area contributed by atoms with E-state index in [1.165, 1.54) is 17.0 Å². The van der Waals surface area contributed by atoms with Gasteiger partial charge in [0.15, 0.2) is 0 Å². The van der Waals surface area contributed by atoms with Gasteiger partial charge in [-0.05, 0) is 29.3 Å². The first-order valence-corrected chi connectivity index (χ1v) is 9.04. The Bertz CT molecular complexity index is 1080. The van der Waals surface area contributed by atoms with Crippen LogP contribution < -0.4 is 0 Å². The second-order valence-corrected chi connectivity index (χ2v) is 6.71. The Morgan fingerprint density at radius 3 is 2.38 bits per heavy atom. The van der Waals surface area contributed by atoms with Crippen molar-refractivity contribution in [3.8, 4) is 0 Å². The van der Waals surface area contributed by atoms with Gasteiger partial charge in [-0.3, -0.25) is 14.6 Å². The van der Waals surface area contributed by atoms with Gasteiger partial charge in [0.05, 0.1) is 11.6 Å². The lowest BCUT2D eigenvalue weighted by molar-refractivity contribution is -0.140. The number of likely N-dealkylation sites (tertiary alicyclic amines) is 1. The second kappa shape index (κ2) is 7.67. The van der Waals surface area contributed by atoms with Crippen molar-refractivity contribution >= 4 is 17.4 Å². The van der Waals surface area contributed by atoms with Crippen LogP contribution in [-0.4, -0.2) is 26.7 Å². The molecule has 0 saturated carbocycles. The maximum Gasteiger partial charge on any atom is 0.295 e. The molecule has 0 radical (unpaired) electrons. The third-order valence-electron chi connectivity index (χ3n) is 4.85. The molecule has 1 aliphatic heterocycles. The Balaban J connectivity index is 1.83. The van der Waals surface area contributed by atoms with E-state index in [-0.39, 0.29) is 23.7 Å². The Labute approximate surface area is 166 Å². The molecule has 0 aliphatic carbocycles. The minimum Gasteiger partial charge on any atom is -0.507 e. The Kier molecular flexibility index (Phi) is 4.91. The van der Waals surface area contributed by atoms with Gasteiger partial charge in [-0.15, -0.1) is 0 Å². The van der Waals surface area contributed by atoms with Crippen LogP contribution >= 0.6 is 0 Å². The zero-order chi connectivity index (χ0) is 20.4. The summed E-state index contributed by atoms with van der Waals surface area (Å²) in [6, 6.07) is 17.0. The zero-order valence-corrected chi connectivity index (χ0v) is 15.3. The number of pyridine rings is 1. The van der Waals surface area contributed by atoms with Gasteiger partial charge >= 0.3 is 0 Å². The number of aliphatic hydroxyl groups is 1. The molecular formula is C23H17FN2O3. The molecular weight excluding hydrogens is 371 g/mol. The minimum absolute atomic E-state index is 0.0105. The highest BCUT2D eigenvalue weighted by molar-refractivity contribution is 6.46. The molecule has 6 heteroatoms. The van der Waals surface area contributed by atoms with Gasteiger partial charge < -0.3 is 10.0 Å². The molecule has 5 nitrogen and oxygen atoms in total. The molecule has 1 fully saturated rings. The highest BCUT2D eigenvalue weighted by Crippen LogP contribution is 2.39.